The van der Waals surface area contributed by atoms with Gasteiger partial charge in [0.25, 0.3) is 0 Å². The molecule has 11 nitrogen and oxygen atoms in total. The van der Waals surface area contributed by atoms with E-state index in [1.165, 1.54) is 19.1 Å². The van der Waals surface area contributed by atoms with Gasteiger partial charge in [-0.2, -0.15) is 12.6 Å². The number of epoxide rings is 1. The van der Waals surface area contributed by atoms with Crippen LogP contribution in [0.5, 0.6) is 5.75 Å². The van der Waals surface area contributed by atoms with Gasteiger partial charge in [-0.15, -0.1) is 0 Å². The molecule has 8 atom stereocenters. The third-order valence-corrected chi connectivity index (χ3v) is 9.14. The van der Waals surface area contributed by atoms with Crippen LogP contribution in [0.3, 0.4) is 0 Å². The number of thiol groups is 1. The van der Waals surface area contributed by atoms with Gasteiger partial charge in [-0.05, 0) is 44.9 Å². The Morgan fingerprint density at radius 1 is 1.30 bits per heavy atom. The van der Waals surface area contributed by atoms with Crippen molar-refractivity contribution < 1.29 is 43.2 Å². The molecule has 4 bridgehead atoms. The molecule has 0 spiro atoms. The highest BCUT2D eigenvalue weighted by Gasteiger charge is 2.64. The second-order valence-electron chi connectivity index (χ2n) is 11.9. The number of amides is 2. The third-order valence-electron chi connectivity index (χ3n) is 8.55. The van der Waals surface area contributed by atoms with Gasteiger partial charge in [0.1, 0.15) is 34.7 Å². The Labute approximate surface area is 268 Å². The van der Waals surface area contributed by atoms with Crippen LogP contribution in [-0.2, 0) is 35.0 Å². The number of nitrogens with zero attached hydrogens (tertiary/aromatic N) is 1. The molecule has 0 aliphatic carbocycles. The van der Waals surface area contributed by atoms with Gasteiger partial charge in [0.05, 0.1) is 30.6 Å². The summed E-state index contributed by atoms with van der Waals surface area (Å²) in [5.41, 5.74) is -0.663. The number of fused-ring (bicyclic) bond motifs is 5. The Bertz CT molecular complexity index is 1350. The summed E-state index contributed by atoms with van der Waals surface area (Å²) in [6, 6.07) is 3.61. The molecule has 0 saturated carbocycles. The number of aliphatic hydroxyl groups is 1. The Kier molecular flexibility index (Phi) is 10.3. The highest BCUT2D eigenvalue weighted by molar-refractivity contribution is 7.81. The highest BCUT2D eigenvalue weighted by atomic mass is 35.5. The molecule has 242 valence electrons. The molecule has 8 unspecified atom stereocenters. The number of hydrogen-bond acceptors (Lipinski definition) is 10. The number of halogens is 1. The van der Waals surface area contributed by atoms with Crippen LogP contribution >= 0.6 is 24.2 Å². The van der Waals surface area contributed by atoms with E-state index in [4.69, 9.17) is 35.3 Å². The SMILES string of the molecule is COc1cc2cc(c1Cl)N(C)C(=O)CC(OC(=O)C(C)S)C1(C)OC1C(C)C1CC(O)(NC(=O)O1)C(OC)C=CC=C(C)C2. The lowest BCUT2D eigenvalue weighted by Gasteiger charge is -2.42. The molecular formula is C31H41ClN2O9S. The quantitative estimate of drug-likeness (QED) is 0.251. The molecular weight excluding hydrogens is 612 g/mol. The molecule has 2 fully saturated rings. The minimum Gasteiger partial charge on any atom is -0.495 e. The van der Waals surface area contributed by atoms with Crippen LogP contribution in [0.1, 0.15) is 46.1 Å². The van der Waals surface area contributed by atoms with Gasteiger partial charge >= 0.3 is 12.1 Å². The van der Waals surface area contributed by atoms with Crippen molar-refractivity contribution >= 4 is 47.9 Å². The number of esters is 1. The van der Waals surface area contributed by atoms with E-state index in [1.54, 1.807) is 39.1 Å². The van der Waals surface area contributed by atoms with E-state index in [1.807, 2.05) is 26.0 Å². The maximum atomic E-state index is 13.8. The molecule has 3 heterocycles. The van der Waals surface area contributed by atoms with E-state index in [-0.39, 0.29) is 23.8 Å². The topological polar surface area (TPSA) is 136 Å². The van der Waals surface area contributed by atoms with Crippen LogP contribution < -0.4 is 15.0 Å². The van der Waals surface area contributed by atoms with Gasteiger partial charge < -0.3 is 33.7 Å². The van der Waals surface area contributed by atoms with Gasteiger partial charge in [0.2, 0.25) is 5.91 Å². The van der Waals surface area contributed by atoms with Gasteiger partial charge in [-0.1, -0.05) is 42.3 Å². The first-order chi connectivity index (χ1) is 20.6. The number of ether oxygens (including phenoxy) is 5. The number of rotatable bonds is 4. The number of alkyl carbamates (subject to hydrolysis) is 1. The number of nitrogens with one attached hydrogen (secondary N) is 1. The fraction of sp³-hybridized carbons (Fsp3) is 0.581. The predicted molar refractivity (Wildman–Crippen MR) is 167 cm³/mol. The minimum absolute atomic E-state index is 0.00862. The Morgan fingerprint density at radius 3 is 2.64 bits per heavy atom. The lowest BCUT2D eigenvalue weighted by Crippen LogP contribution is -2.63. The average Bonchev–Trinajstić information content (AvgIpc) is 3.66. The van der Waals surface area contributed by atoms with Crippen molar-refractivity contribution in [1.29, 1.82) is 0 Å². The van der Waals surface area contributed by atoms with Crippen molar-refractivity contribution in [2.24, 2.45) is 5.92 Å². The van der Waals surface area contributed by atoms with E-state index in [9.17, 15) is 19.5 Å². The zero-order valence-corrected chi connectivity index (χ0v) is 27.6. The van der Waals surface area contributed by atoms with Crippen LogP contribution in [0.4, 0.5) is 10.5 Å². The first kappa shape index (κ1) is 34.1. The molecule has 4 rings (SSSR count). The van der Waals surface area contributed by atoms with Crippen LogP contribution in [0.25, 0.3) is 0 Å². The van der Waals surface area contributed by atoms with Crippen molar-refractivity contribution in [1.82, 2.24) is 5.32 Å². The molecule has 3 aliphatic rings. The van der Waals surface area contributed by atoms with Crippen molar-refractivity contribution in [2.75, 3.05) is 26.2 Å². The van der Waals surface area contributed by atoms with E-state index in [2.05, 4.69) is 17.9 Å². The summed E-state index contributed by atoms with van der Waals surface area (Å²) in [7, 11) is 4.53. The first-order valence-corrected chi connectivity index (χ1v) is 15.3. The summed E-state index contributed by atoms with van der Waals surface area (Å²) in [6.07, 6.45) is 1.47. The molecule has 3 aliphatic heterocycles. The van der Waals surface area contributed by atoms with Gasteiger partial charge in [0.15, 0.2) is 5.72 Å². The summed E-state index contributed by atoms with van der Waals surface area (Å²) in [4.78, 5) is 40.6. The Hall–Kier alpha value is -2.77. The first-order valence-electron chi connectivity index (χ1n) is 14.4. The van der Waals surface area contributed by atoms with Crippen molar-refractivity contribution in [3.63, 3.8) is 0 Å². The number of carbonyl (C=O) groups is 3. The number of hydrogen-bond donors (Lipinski definition) is 3. The fourth-order valence-corrected chi connectivity index (χ4v) is 6.22. The van der Waals surface area contributed by atoms with Crippen molar-refractivity contribution in [3.8, 4) is 5.75 Å². The fourth-order valence-electron chi connectivity index (χ4n) is 5.84. The average molecular weight is 653 g/mol. The van der Waals surface area contributed by atoms with Gasteiger partial charge in [-0.3, -0.25) is 14.9 Å². The number of methoxy groups -OCH3 is 2. The molecule has 2 saturated heterocycles. The largest absolute Gasteiger partial charge is 0.495 e. The molecule has 1 aromatic carbocycles. The molecule has 0 radical (unpaired) electrons. The lowest BCUT2D eigenvalue weighted by molar-refractivity contribution is -0.152. The van der Waals surface area contributed by atoms with Crippen LogP contribution in [-0.4, -0.2) is 85.3 Å². The summed E-state index contributed by atoms with van der Waals surface area (Å²) in [5, 5.41) is 13.6. The van der Waals surface area contributed by atoms with Gasteiger partial charge in [0, 0.05) is 26.5 Å². The second kappa shape index (κ2) is 13.3. The minimum atomic E-state index is -1.78. The highest BCUT2D eigenvalue weighted by Crippen LogP contribution is 2.49. The maximum Gasteiger partial charge on any atom is 0.409 e. The molecule has 0 aromatic heterocycles. The lowest BCUT2D eigenvalue weighted by atomic mass is 9.83. The number of benzene rings is 1. The summed E-state index contributed by atoms with van der Waals surface area (Å²) < 4.78 is 28.7. The normalized spacial score (nSPS) is 33.4. The van der Waals surface area contributed by atoms with Crippen LogP contribution in [0.15, 0.2) is 35.9 Å². The molecule has 44 heavy (non-hydrogen) atoms. The summed E-state index contributed by atoms with van der Waals surface area (Å²) in [6.45, 7) is 7.06. The summed E-state index contributed by atoms with van der Waals surface area (Å²) >= 11 is 10.9. The maximum absolute atomic E-state index is 13.8. The molecule has 2 amide bonds. The number of carbonyl (C=O) groups excluding carboxylic acids is 3. The monoisotopic (exact) mass is 652 g/mol. The summed E-state index contributed by atoms with van der Waals surface area (Å²) in [5.74, 6) is -1.05. The smallest absolute Gasteiger partial charge is 0.409 e. The predicted octanol–water partition coefficient (Wildman–Crippen LogP) is 3.99. The zero-order chi connectivity index (χ0) is 32.6. The van der Waals surface area contributed by atoms with E-state index in [0.717, 1.165) is 11.1 Å². The molecule has 2 N–H and O–H groups in total. The zero-order valence-electron chi connectivity index (χ0n) is 26.0. The van der Waals surface area contributed by atoms with Crippen molar-refractivity contribution in [3.05, 3.63) is 46.5 Å². The van der Waals surface area contributed by atoms with E-state index < -0.39 is 59.0 Å². The Morgan fingerprint density at radius 2 is 2.00 bits per heavy atom. The van der Waals surface area contributed by atoms with E-state index in [0.29, 0.717) is 17.9 Å². The number of allylic oxidation sites excluding steroid dienone is 3. The standard InChI is InChI=1S/C31H41ClN2O9S/c1-16-9-8-10-23(40-7)31(38)15-22(41-29(37)33-31)17(2)27-30(4,43-27)24(42-28(36)18(3)44)14-25(35)34(5)20-12-19(11-16)13-21(39-6)26(20)32/h8-10,12-13,17-18,22-24,27,38,44H,11,14-15H2,1-7H3,(H,33,37). The molecule has 13 heteroatoms. The van der Waals surface area contributed by atoms with Crippen molar-refractivity contribution in [2.45, 2.75) is 87.9 Å². The van der Waals surface area contributed by atoms with E-state index >= 15 is 0 Å². The van der Waals surface area contributed by atoms with Crippen LogP contribution in [0.2, 0.25) is 5.02 Å². The number of anilines is 1. The van der Waals surface area contributed by atoms with Crippen LogP contribution in [0, 0.1) is 5.92 Å². The van der Waals surface area contributed by atoms with Gasteiger partial charge in [-0.25, -0.2) is 4.79 Å². The molecule has 1 aromatic rings. The third kappa shape index (κ3) is 7.04. The Balaban J connectivity index is 1.80. The second-order valence-corrected chi connectivity index (χ2v) is 13.1.